The Balaban J connectivity index is 0. The second-order valence-corrected chi connectivity index (χ2v) is 8.30. The van der Waals surface area contributed by atoms with E-state index in [1.54, 1.807) is 0 Å². The summed E-state index contributed by atoms with van der Waals surface area (Å²) in [7, 11) is 0. The van der Waals surface area contributed by atoms with Gasteiger partial charge in [-0.15, -0.1) is 0 Å². The summed E-state index contributed by atoms with van der Waals surface area (Å²) in [4.78, 5) is 2.38. The molecule has 0 aliphatic rings. The Hall–Kier alpha value is 1.40. The van der Waals surface area contributed by atoms with Crippen molar-refractivity contribution in [2.24, 2.45) is 0 Å². The lowest BCUT2D eigenvalue weighted by molar-refractivity contribution is 0.321. The van der Waals surface area contributed by atoms with Crippen molar-refractivity contribution in [3.63, 3.8) is 0 Å². The van der Waals surface area contributed by atoms with Crippen LogP contribution in [-0.2, 0) is 0 Å². The van der Waals surface area contributed by atoms with Crippen molar-refractivity contribution in [2.45, 2.75) is 23.4 Å². The third-order valence-corrected chi connectivity index (χ3v) is 1.34. The van der Waals surface area contributed by atoms with Crippen molar-refractivity contribution in [2.75, 3.05) is 19.6 Å². The lowest BCUT2D eigenvalue weighted by Crippen LogP contribution is -2.21. The molecule has 0 aliphatic heterocycles. The Kier molecular flexibility index (Phi) is 15.4. The molecule has 0 radical (unpaired) electrons. The standard InChI is InChI=1S/C6H15N.CHBr3/c1-4-7(5-2)6-3;2-1(3)4/h4-6H2,1-3H3;1H. The molecule has 0 amide bonds. The predicted octanol–water partition coefficient (Wildman–Crippen LogP) is 3.80. The zero-order chi connectivity index (χ0) is 9.28. The van der Waals surface area contributed by atoms with Crippen LogP contribution in [-0.4, -0.2) is 27.2 Å². The highest BCUT2D eigenvalue weighted by atomic mass is 80.0. The van der Waals surface area contributed by atoms with Crippen molar-refractivity contribution >= 4 is 47.8 Å². The van der Waals surface area contributed by atoms with Gasteiger partial charge in [-0.25, -0.2) is 0 Å². The van der Waals surface area contributed by atoms with Crippen molar-refractivity contribution < 1.29 is 0 Å². The Bertz CT molecular complexity index is 56.4. The van der Waals surface area contributed by atoms with E-state index in [0.29, 0.717) is 0 Å². The quantitative estimate of drug-likeness (QED) is 0.697. The van der Waals surface area contributed by atoms with Gasteiger partial charge >= 0.3 is 0 Å². The summed E-state index contributed by atoms with van der Waals surface area (Å²) in [5.74, 6) is 0. The molecule has 0 fully saturated rings. The van der Waals surface area contributed by atoms with Gasteiger partial charge in [-0.2, -0.15) is 0 Å². The van der Waals surface area contributed by atoms with E-state index in [2.05, 4.69) is 73.5 Å². The van der Waals surface area contributed by atoms with Crippen LogP contribution in [0.4, 0.5) is 0 Å². The van der Waals surface area contributed by atoms with Gasteiger partial charge in [-0.05, 0) is 19.6 Å². The first kappa shape index (κ1) is 14.9. The lowest BCUT2D eigenvalue weighted by Gasteiger charge is -2.13. The highest BCUT2D eigenvalue weighted by Crippen LogP contribution is 2.13. The van der Waals surface area contributed by atoms with Crippen LogP contribution in [0.15, 0.2) is 0 Å². The average Bonchev–Trinajstić information content (AvgIpc) is 1.90. The number of nitrogens with zero attached hydrogens (tertiary/aromatic N) is 1. The number of hydrogen-bond donors (Lipinski definition) is 0. The average molecular weight is 354 g/mol. The van der Waals surface area contributed by atoms with Crippen LogP contribution in [0.1, 0.15) is 20.8 Å². The molecule has 0 bridgehead atoms. The molecule has 0 N–H and O–H groups in total. The molecule has 0 spiro atoms. The van der Waals surface area contributed by atoms with Crippen molar-refractivity contribution in [3.05, 3.63) is 0 Å². The molecule has 1 nitrogen and oxygen atoms in total. The minimum atomic E-state index is 0.271. The molecule has 0 aromatic rings. The maximum Gasteiger partial charge on any atom is 0.124 e. The third-order valence-electron chi connectivity index (χ3n) is 1.34. The highest BCUT2D eigenvalue weighted by Gasteiger charge is 1.89. The number of hydrogen-bond acceptors (Lipinski definition) is 1. The number of alkyl halides is 3. The molecule has 0 saturated carbocycles. The molecule has 0 rings (SSSR count). The molecule has 11 heavy (non-hydrogen) atoms. The molecular weight excluding hydrogens is 338 g/mol. The Labute approximate surface area is 95.3 Å². The topological polar surface area (TPSA) is 3.24 Å². The van der Waals surface area contributed by atoms with Crippen molar-refractivity contribution in [3.8, 4) is 0 Å². The SMILES string of the molecule is BrC(Br)Br.CCN(CC)CC. The van der Waals surface area contributed by atoms with Crippen LogP contribution < -0.4 is 0 Å². The molecule has 4 heteroatoms. The zero-order valence-electron chi connectivity index (χ0n) is 7.28. The van der Waals surface area contributed by atoms with E-state index in [4.69, 9.17) is 0 Å². The van der Waals surface area contributed by atoms with Crippen LogP contribution in [0.5, 0.6) is 0 Å². The largest absolute Gasteiger partial charge is 0.304 e. The van der Waals surface area contributed by atoms with E-state index in [-0.39, 0.29) is 2.65 Å². The summed E-state index contributed by atoms with van der Waals surface area (Å²) in [5, 5.41) is 0. The molecule has 0 aliphatic carbocycles. The summed E-state index contributed by atoms with van der Waals surface area (Å²) < 4.78 is 0.271. The summed E-state index contributed by atoms with van der Waals surface area (Å²) in [6.07, 6.45) is 0. The summed E-state index contributed by atoms with van der Waals surface area (Å²) in [6.45, 7) is 10.1. The van der Waals surface area contributed by atoms with Gasteiger partial charge < -0.3 is 4.90 Å². The summed E-state index contributed by atoms with van der Waals surface area (Å²) in [6, 6.07) is 0. The summed E-state index contributed by atoms with van der Waals surface area (Å²) in [5.41, 5.74) is 0. The van der Waals surface area contributed by atoms with Crippen LogP contribution in [0.3, 0.4) is 0 Å². The van der Waals surface area contributed by atoms with Gasteiger partial charge in [0.25, 0.3) is 0 Å². The van der Waals surface area contributed by atoms with Gasteiger partial charge in [0.15, 0.2) is 0 Å². The van der Waals surface area contributed by atoms with Gasteiger partial charge in [0.2, 0.25) is 0 Å². The predicted molar refractivity (Wildman–Crippen MR) is 64.0 cm³/mol. The molecule has 0 saturated heterocycles. The van der Waals surface area contributed by atoms with E-state index >= 15 is 0 Å². The fraction of sp³-hybridized carbons (Fsp3) is 1.00. The van der Waals surface area contributed by atoms with Crippen molar-refractivity contribution in [1.29, 1.82) is 0 Å². The van der Waals surface area contributed by atoms with E-state index < -0.39 is 0 Å². The van der Waals surface area contributed by atoms with Crippen LogP contribution in [0.2, 0.25) is 0 Å². The van der Waals surface area contributed by atoms with Gasteiger partial charge in [0.05, 0.1) is 0 Å². The highest BCUT2D eigenvalue weighted by molar-refractivity contribution is 9.38. The van der Waals surface area contributed by atoms with Gasteiger partial charge in [-0.3, -0.25) is 0 Å². The Morgan fingerprint density at radius 1 is 0.909 bits per heavy atom. The number of rotatable bonds is 3. The third kappa shape index (κ3) is 18.4. The van der Waals surface area contributed by atoms with E-state index in [1.165, 1.54) is 19.6 Å². The van der Waals surface area contributed by atoms with E-state index in [9.17, 15) is 0 Å². The first-order valence-electron chi connectivity index (χ1n) is 3.72. The first-order chi connectivity index (χ1) is 5.08. The lowest BCUT2D eigenvalue weighted by atomic mass is 10.5. The Morgan fingerprint density at radius 3 is 1.09 bits per heavy atom. The fourth-order valence-corrected chi connectivity index (χ4v) is 0.671. The number of halogens is 3. The van der Waals surface area contributed by atoms with E-state index in [0.717, 1.165) is 0 Å². The maximum atomic E-state index is 3.10. The van der Waals surface area contributed by atoms with Gasteiger partial charge in [-0.1, -0.05) is 68.6 Å². The minimum absolute atomic E-state index is 0.271. The maximum absolute atomic E-state index is 3.10. The molecule has 0 atom stereocenters. The van der Waals surface area contributed by atoms with E-state index in [1.807, 2.05) is 0 Å². The smallest absolute Gasteiger partial charge is 0.124 e. The van der Waals surface area contributed by atoms with Crippen LogP contribution in [0.25, 0.3) is 0 Å². The van der Waals surface area contributed by atoms with Gasteiger partial charge in [0.1, 0.15) is 2.65 Å². The van der Waals surface area contributed by atoms with Crippen LogP contribution in [0, 0.1) is 0 Å². The molecule has 0 unspecified atom stereocenters. The molecule has 0 aromatic carbocycles. The normalized spacial score (nSPS) is 9.82. The van der Waals surface area contributed by atoms with Gasteiger partial charge in [0, 0.05) is 0 Å². The first-order valence-corrected chi connectivity index (χ1v) is 6.47. The second-order valence-electron chi connectivity index (χ2n) is 1.87. The van der Waals surface area contributed by atoms with Crippen LogP contribution >= 0.6 is 47.8 Å². The minimum Gasteiger partial charge on any atom is -0.304 e. The monoisotopic (exact) mass is 351 g/mol. The summed E-state index contributed by atoms with van der Waals surface area (Å²) >= 11 is 9.31. The Morgan fingerprint density at radius 2 is 1.09 bits per heavy atom. The fourth-order valence-electron chi connectivity index (χ4n) is 0.671. The molecular formula is C7H16Br3N. The molecule has 0 heterocycles. The second kappa shape index (κ2) is 11.4. The molecule has 70 valence electrons. The zero-order valence-corrected chi connectivity index (χ0v) is 12.0. The molecule has 0 aromatic heterocycles. The van der Waals surface area contributed by atoms with Crippen molar-refractivity contribution in [1.82, 2.24) is 4.90 Å².